The molecule has 1 atom stereocenters. The standard InChI is InChI=1S/C24H25FN6O3/c1-15-10-21-18(11-20(15)25)22(29-24(33)34-21)28-12-17(32)14-30-6-8-31(9-7-30)23-19-13-26-4-2-16(19)3-5-27-23/h2-5,11,13,15H,6-10,12,14H2,1H3,(H,28,29,33). The predicted octanol–water partition coefficient (Wildman–Crippen LogP) is 2.28. The van der Waals surface area contributed by atoms with Gasteiger partial charge in [0.15, 0.2) is 5.78 Å². The van der Waals surface area contributed by atoms with Gasteiger partial charge in [0.25, 0.3) is 0 Å². The van der Waals surface area contributed by atoms with E-state index in [2.05, 4.69) is 30.1 Å². The summed E-state index contributed by atoms with van der Waals surface area (Å²) in [6.07, 6.45) is 7.01. The summed E-state index contributed by atoms with van der Waals surface area (Å²) in [5, 5.41) is 5.02. The fraction of sp³-hybridized carbons (Fsp3) is 0.375. The highest BCUT2D eigenvalue weighted by molar-refractivity contribution is 5.91. The van der Waals surface area contributed by atoms with Crippen molar-refractivity contribution in [3.63, 3.8) is 0 Å². The number of hydrogen-bond acceptors (Lipinski definition) is 9. The highest BCUT2D eigenvalue weighted by atomic mass is 19.1. The van der Waals surface area contributed by atoms with Crippen LogP contribution >= 0.6 is 0 Å². The summed E-state index contributed by atoms with van der Waals surface area (Å²) in [4.78, 5) is 41.3. The maximum Gasteiger partial charge on any atom is 0.440 e. The van der Waals surface area contributed by atoms with Crippen LogP contribution in [0.15, 0.2) is 45.8 Å². The zero-order valence-corrected chi connectivity index (χ0v) is 18.8. The largest absolute Gasteiger partial charge is 0.440 e. The van der Waals surface area contributed by atoms with Crippen molar-refractivity contribution in [1.29, 1.82) is 0 Å². The van der Waals surface area contributed by atoms with Crippen LogP contribution in [0.25, 0.3) is 16.8 Å². The lowest BCUT2D eigenvalue weighted by Gasteiger charge is -2.35. The number of rotatable bonds is 6. The van der Waals surface area contributed by atoms with E-state index in [0.717, 1.165) is 42.8 Å². The molecule has 0 amide bonds. The molecule has 10 heteroatoms. The second-order valence-corrected chi connectivity index (χ2v) is 8.69. The Labute approximate surface area is 195 Å². The Hall–Kier alpha value is -3.66. The monoisotopic (exact) mass is 464 g/mol. The number of nitrogens with one attached hydrogen (secondary N) is 1. The first-order chi connectivity index (χ1) is 16.5. The van der Waals surface area contributed by atoms with E-state index >= 15 is 0 Å². The van der Waals surface area contributed by atoms with E-state index in [-0.39, 0.29) is 42.9 Å². The van der Waals surface area contributed by atoms with Gasteiger partial charge in [0.2, 0.25) is 0 Å². The van der Waals surface area contributed by atoms with Crippen molar-refractivity contribution in [2.45, 2.75) is 13.3 Å². The van der Waals surface area contributed by atoms with Crippen molar-refractivity contribution in [2.24, 2.45) is 5.92 Å². The van der Waals surface area contributed by atoms with E-state index in [0.29, 0.717) is 11.3 Å². The molecule has 1 aliphatic heterocycles. The number of piperazine rings is 1. The summed E-state index contributed by atoms with van der Waals surface area (Å²) in [7, 11) is 0. The van der Waals surface area contributed by atoms with Crippen molar-refractivity contribution in [1.82, 2.24) is 19.9 Å². The van der Waals surface area contributed by atoms with Gasteiger partial charge < -0.3 is 14.6 Å². The van der Waals surface area contributed by atoms with Crippen LogP contribution in [0.3, 0.4) is 0 Å². The fourth-order valence-electron chi connectivity index (χ4n) is 4.41. The third-order valence-electron chi connectivity index (χ3n) is 6.29. The number of Topliss-reactive ketones (excluding diaryl/α,β-unsaturated/α-hetero) is 1. The van der Waals surface area contributed by atoms with Crippen LogP contribution in [0.1, 0.15) is 18.2 Å². The minimum atomic E-state index is -0.759. The molecule has 34 heavy (non-hydrogen) atoms. The third kappa shape index (κ3) is 4.54. The molecule has 5 rings (SSSR count). The van der Waals surface area contributed by atoms with Crippen molar-refractivity contribution in [3.8, 4) is 0 Å². The molecular weight excluding hydrogens is 439 g/mol. The first-order valence-electron chi connectivity index (χ1n) is 11.3. The Morgan fingerprint density at radius 1 is 1.24 bits per heavy atom. The maximum atomic E-state index is 14.1. The predicted molar refractivity (Wildman–Crippen MR) is 126 cm³/mol. The summed E-state index contributed by atoms with van der Waals surface area (Å²) >= 11 is 0. The smallest absolute Gasteiger partial charge is 0.412 e. The summed E-state index contributed by atoms with van der Waals surface area (Å²) in [6, 6.07) is 3.94. The van der Waals surface area contributed by atoms with Crippen LogP contribution in [0.2, 0.25) is 0 Å². The molecule has 0 aromatic carbocycles. The number of hydrogen-bond donors (Lipinski definition) is 1. The molecule has 0 radical (unpaired) electrons. The molecule has 1 N–H and O–H groups in total. The summed E-state index contributed by atoms with van der Waals surface area (Å²) in [6.45, 7) is 4.92. The topological polar surface area (TPSA) is 104 Å². The Morgan fingerprint density at radius 3 is 2.85 bits per heavy atom. The van der Waals surface area contributed by atoms with Gasteiger partial charge in [-0.05, 0) is 23.6 Å². The molecule has 0 bridgehead atoms. The SMILES string of the molecule is CC1Cc2oc(=O)nc(NCC(=O)CN3CCN(c4nccc5ccncc45)CC3)c2C=C1F. The normalized spacial score (nSPS) is 18.5. The number of halogens is 1. The first-order valence-corrected chi connectivity index (χ1v) is 11.3. The molecule has 9 nitrogen and oxygen atoms in total. The number of nitrogens with zero attached hydrogens (tertiary/aromatic N) is 5. The molecular formula is C24H25FN6O3. The Kier molecular flexibility index (Phi) is 6.06. The number of carbonyl (C=O) groups excluding carboxylic acids is 1. The molecule has 3 aromatic rings. The number of allylic oxidation sites excluding steroid dienone is 1. The summed E-state index contributed by atoms with van der Waals surface area (Å²) in [5.74, 6) is 0.0210. The van der Waals surface area contributed by atoms with Gasteiger partial charge in [-0.3, -0.25) is 14.7 Å². The van der Waals surface area contributed by atoms with Crippen LogP contribution < -0.4 is 16.0 Å². The van der Waals surface area contributed by atoms with E-state index in [1.54, 1.807) is 19.3 Å². The molecule has 3 aromatic heterocycles. The van der Waals surface area contributed by atoms with Crippen LogP contribution in [-0.4, -0.2) is 64.9 Å². The van der Waals surface area contributed by atoms with Gasteiger partial charge in [-0.1, -0.05) is 6.92 Å². The van der Waals surface area contributed by atoms with E-state index < -0.39 is 5.76 Å². The Bertz CT molecular complexity index is 1310. The maximum absolute atomic E-state index is 14.1. The van der Waals surface area contributed by atoms with Crippen molar-refractivity contribution < 1.29 is 13.6 Å². The van der Waals surface area contributed by atoms with Gasteiger partial charge in [-0.2, -0.15) is 4.98 Å². The van der Waals surface area contributed by atoms with Crippen molar-refractivity contribution in [2.75, 3.05) is 49.5 Å². The van der Waals surface area contributed by atoms with Crippen LogP contribution in [0, 0.1) is 5.92 Å². The molecule has 2 aliphatic rings. The van der Waals surface area contributed by atoms with Crippen LogP contribution in [0.5, 0.6) is 0 Å². The van der Waals surface area contributed by atoms with Gasteiger partial charge in [-0.25, -0.2) is 14.2 Å². The second kappa shape index (κ2) is 9.30. The lowest BCUT2D eigenvalue weighted by atomic mass is 9.95. The zero-order valence-electron chi connectivity index (χ0n) is 18.8. The van der Waals surface area contributed by atoms with E-state index in [1.807, 2.05) is 18.3 Å². The van der Waals surface area contributed by atoms with Crippen LogP contribution in [0.4, 0.5) is 16.0 Å². The van der Waals surface area contributed by atoms with E-state index in [9.17, 15) is 14.0 Å². The molecule has 176 valence electrons. The molecule has 1 unspecified atom stereocenters. The number of carbonyl (C=O) groups is 1. The zero-order chi connectivity index (χ0) is 23.7. The van der Waals surface area contributed by atoms with Crippen molar-refractivity contribution in [3.05, 3.63) is 58.4 Å². The number of aromatic nitrogens is 3. The highest BCUT2D eigenvalue weighted by Crippen LogP contribution is 2.31. The third-order valence-corrected chi connectivity index (χ3v) is 6.29. The van der Waals surface area contributed by atoms with E-state index in [1.165, 1.54) is 6.08 Å². The lowest BCUT2D eigenvalue weighted by Crippen LogP contribution is -2.48. The Balaban J connectivity index is 1.18. The quantitative estimate of drug-likeness (QED) is 0.588. The minimum Gasteiger partial charge on any atom is -0.412 e. The summed E-state index contributed by atoms with van der Waals surface area (Å²) in [5.41, 5.74) is 0.397. The van der Waals surface area contributed by atoms with Crippen molar-refractivity contribution >= 4 is 34.3 Å². The van der Waals surface area contributed by atoms with E-state index in [4.69, 9.17) is 4.42 Å². The van der Waals surface area contributed by atoms with Gasteiger partial charge >= 0.3 is 5.76 Å². The average molecular weight is 465 g/mol. The van der Waals surface area contributed by atoms with Gasteiger partial charge in [0, 0.05) is 62.5 Å². The number of anilines is 2. The number of ketones is 1. The highest BCUT2D eigenvalue weighted by Gasteiger charge is 2.25. The first kappa shape index (κ1) is 22.1. The molecule has 4 heterocycles. The van der Waals surface area contributed by atoms with Gasteiger partial charge in [0.05, 0.1) is 18.7 Å². The van der Waals surface area contributed by atoms with Crippen LogP contribution in [-0.2, 0) is 11.2 Å². The molecule has 1 saturated heterocycles. The molecule has 1 aliphatic carbocycles. The molecule has 1 fully saturated rings. The second-order valence-electron chi connectivity index (χ2n) is 8.69. The van der Waals surface area contributed by atoms with Gasteiger partial charge in [0.1, 0.15) is 23.2 Å². The molecule has 0 spiro atoms. The Morgan fingerprint density at radius 2 is 2.03 bits per heavy atom. The minimum absolute atomic E-state index is 0.00926. The summed E-state index contributed by atoms with van der Waals surface area (Å²) < 4.78 is 19.2. The fourth-order valence-corrected chi connectivity index (χ4v) is 4.41. The number of fused-ring (bicyclic) bond motifs is 2. The van der Waals surface area contributed by atoms with Gasteiger partial charge in [-0.15, -0.1) is 0 Å². The average Bonchev–Trinajstić information content (AvgIpc) is 2.84. The number of pyridine rings is 2. The lowest BCUT2D eigenvalue weighted by molar-refractivity contribution is -0.118. The molecule has 0 saturated carbocycles.